The number of carbonyl (C=O) groups excluding carboxylic acids is 2. The summed E-state index contributed by atoms with van der Waals surface area (Å²) in [6, 6.07) is 8.19. The Kier molecular flexibility index (Phi) is 3.58. The van der Waals surface area contributed by atoms with E-state index in [2.05, 4.69) is 0 Å². The van der Waals surface area contributed by atoms with Crippen LogP contribution in [0.4, 0.5) is 5.69 Å². The van der Waals surface area contributed by atoms with Gasteiger partial charge in [-0.1, -0.05) is 18.2 Å². The van der Waals surface area contributed by atoms with E-state index in [1.807, 2.05) is 6.07 Å². The van der Waals surface area contributed by atoms with E-state index in [4.69, 9.17) is 10.5 Å². The number of nitrogens with two attached hydrogens (primary N) is 1. The van der Waals surface area contributed by atoms with Gasteiger partial charge >= 0.3 is 5.69 Å². The minimum atomic E-state index is -2.00. The molecule has 0 radical (unpaired) electrons. The molecule has 2 aliphatic rings. The molecule has 0 saturated heterocycles. The number of amides is 2. The standard InChI is InChI=1S/C19H15N5O5/c1-9(25)24-12-7-5-4-6-10(12)19(17(24)27)11(8-20)14(21)29-16-13(19)15(26)22(2)18(28)23(16)3/h4-7H,21H2,1-3H3. The van der Waals surface area contributed by atoms with Gasteiger partial charge in [0.25, 0.3) is 11.5 Å². The van der Waals surface area contributed by atoms with Gasteiger partial charge in [0.1, 0.15) is 17.2 Å². The Hall–Kier alpha value is -4.13. The van der Waals surface area contributed by atoms with E-state index in [-0.39, 0.29) is 28.3 Å². The number of para-hydroxylation sites is 1. The Morgan fingerprint density at radius 2 is 1.83 bits per heavy atom. The lowest BCUT2D eigenvalue weighted by Gasteiger charge is -2.34. The van der Waals surface area contributed by atoms with Crippen LogP contribution < -0.4 is 26.6 Å². The fourth-order valence-electron chi connectivity index (χ4n) is 4.04. The fraction of sp³-hybridized carbons (Fsp3) is 0.211. The van der Waals surface area contributed by atoms with Crippen LogP contribution in [0.3, 0.4) is 0 Å². The highest BCUT2D eigenvalue weighted by Gasteiger charge is 2.62. The van der Waals surface area contributed by atoms with Crippen molar-refractivity contribution < 1.29 is 14.3 Å². The van der Waals surface area contributed by atoms with Gasteiger partial charge in [-0.2, -0.15) is 5.26 Å². The molecule has 10 nitrogen and oxygen atoms in total. The fourth-order valence-corrected chi connectivity index (χ4v) is 4.04. The topological polar surface area (TPSA) is 140 Å². The summed E-state index contributed by atoms with van der Waals surface area (Å²) in [5.41, 5.74) is 2.35. The van der Waals surface area contributed by atoms with Crippen LogP contribution in [-0.2, 0) is 29.1 Å². The smallest absolute Gasteiger partial charge is 0.333 e. The lowest BCUT2D eigenvalue weighted by atomic mass is 9.69. The van der Waals surface area contributed by atoms with Gasteiger partial charge in [-0.25, -0.2) is 9.69 Å². The zero-order chi connectivity index (χ0) is 21.2. The molecule has 1 aromatic heterocycles. The molecule has 2 N–H and O–H groups in total. The van der Waals surface area contributed by atoms with E-state index in [9.17, 15) is 24.4 Å². The number of hydrogen-bond acceptors (Lipinski definition) is 7. The molecule has 2 aromatic rings. The van der Waals surface area contributed by atoms with Crippen molar-refractivity contribution in [2.75, 3.05) is 4.90 Å². The molecule has 1 aromatic carbocycles. The molecule has 146 valence electrons. The third-order valence-electron chi connectivity index (χ3n) is 5.31. The summed E-state index contributed by atoms with van der Waals surface area (Å²) >= 11 is 0. The SMILES string of the molecule is CC(=O)N1C(=O)C2(C(C#N)=C(N)Oc3c2c(=O)n(C)c(=O)n3C)c2ccccc21. The largest absolute Gasteiger partial charge is 0.423 e. The predicted octanol–water partition coefficient (Wildman–Crippen LogP) is -0.651. The third-order valence-corrected chi connectivity index (χ3v) is 5.31. The monoisotopic (exact) mass is 393 g/mol. The second-order valence-corrected chi connectivity index (χ2v) is 6.77. The van der Waals surface area contributed by atoms with Crippen molar-refractivity contribution in [3.05, 3.63) is 67.7 Å². The Bertz CT molecular complexity index is 1330. The van der Waals surface area contributed by atoms with Crippen molar-refractivity contribution in [2.24, 2.45) is 19.8 Å². The summed E-state index contributed by atoms with van der Waals surface area (Å²) < 4.78 is 7.30. The van der Waals surface area contributed by atoms with Crippen molar-refractivity contribution in [2.45, 2.75) is 12.3 Å². The number of hydrogen-bond donors (Lipinski definition) is 1. The van der Waals surface area contributed by atoms with E-state index < -0.39 is 34.4 Å². The van der Waals surface area contributed by atoms with Crippen molar-refractivity contribution in [1.29, 1.82) is 5.26 Å². The number of imide groups is 1. The number of fused-ring (bicyclic) bond motifs is 4. The van der Waals surface area contributed by atoms with Crippen LogP contribution in [0, 0.1) is 11.3 Å². The number of benzene rings is 1. The molecule has 1 atom stereocenters. The van der Waals surface area contributed by atoms with E-state index in [0.29, 0.717) is 0 Å². The first-order chi connectivity index (χ1) is 13.7. The molecule has 1 spiro atoms. The Balaban J connectivity index is 2.30. The Morgan fingerprint density at radius 1 is 1.17 bits per heavy atom. The van der Waals surface area contributed by atoms with Crippen LogP contribution in [0.1, 0.15) is 18.1 Å². The number of nitrogens with zero attached hydrogens (tertiary/aromatic N) is 4. The van der Waals surface area contributed by atoms with Gasteiger partial charge in [0, 0.05) is 26.6 Å². The van der Waals surface area contributed by atoms with Crippen LogP contribution in [0.25, 0.3) is 0 Å². The maximum atomic E-state index is 13.7. The predicted molar refractivity (Wildman–Crippen MR) is 99.8 cm³/mol. The van der Waals surface area contributed by atoms with E-state index in [1.165, 1.54) is 27.1 Å². The van der Waals surface area contributed by atoms with Gasteiger partial charge in [0.05, 0.1) is 5.69 Å². The second-order valence-electron chi connectivity index (χ2n) is 6.77. The molecular formula is C19H15N5O5. The first-order valence-electron chi connectivity index (χ1n) is 8.52. The number of ether oxygens (including phenoxy) is 1. The van der Waals surface area contributed by atoms with E-state index in [1.54, 1.807) is 18.2 Å². The van der Waals surface area contributed by atoms with Crippen molar-refractivity contribution in [3.63, 3.8) is 0 Å². The molecule has 0 saturated carbocycles. The maximum absolute atomic E-state index is 13.7. The number of nitriles is 1. The maximum Gasteiger partial charge on any atom is 0.333 e. The Morgan fingerprint density at radius 3 is 2.45 bits per heavy atom. The van der Waals surface area contributed by atoms with Gasteiger partial charge in [0.2, 0.25) is 17.7 Å². The molecule has 2 amide bonds. The van der Waals surface area contributed by atoms with Crippen molar-refractivity contribution >= 4 is 17.5 Å². The first-order valence-corrected chi connectivity index (χ1v) is 8.52. The van der Waals surface area contributed by atoms with Gasteiger partial charge in [-0.3, -0.25) is 23.5 Å². The molecule has 4 rings (SSSR count). The quantitative estimate of drug-likeness (QED) is 0.627. The summed E-state index contributed by atoms with van der Waals surface area (Å²) in [7, 11) is 2.60. The summed E-state index contributed by atoms with van der Waals surface area (Å²) in [5, 5.41) is 9.86. The third kappa shape index (κ3) is 1.93. The molecule has 29 heavy (non-hydrogen) atoms. The number of anilines is 1. The van der Waals surface area contributed by atoms with E-state index in [0.717, 1.165) is 14.0 Å². The first kappa shape index (κ1) is 18.2. The van der Waals surface area contributed by atoms with Crippen LogP contribution in [0.2, 0.25) is 0 Å². The van der Waals surface area contributed by atoms with Crippen molar-refractivity contribution in [1.82, 2.24) is 9.13 Å². The molecule has 0 fully saturated rings. The highest BCUT2D eigenvalue weighted by Crippen LogP contribution is 2.53. The summed E-state index contributed by atoms with van der Waals surface area (Å²) in [5.74, 6) is -2.09. The van der Waals surface area contributed by atoms with Gasteiger partial charge in [-0.15, -0.1) is 0 Å². The van der Waals surface area contributed by atoms with Gasteiger partial charge in [0.15, 0.2) is 5.41 Å². The van der Waals surface area contributed by atoms with Crippen molar-refractivity contribution in [3.8, 4) is 11.9 Å². The molecular weight excluding hydrogens is 378 g/mol. The molecule has 10 heteroatoms. The molecule has 1 unspecified atom stereocenters. The normalized spacial score (nSPS) is 19.7. The average molecular weight is 393 g/mol. The van der Waals surface area contributed by atoms with Crippen LogP contribution >= 0.6 is 0 Å². The second kappa shape index (κ2) is 5.68. The molecule has 0 bridgehead atoms. The zero-order valence-electron chi connectivity index (χ0n) is 15.7. The Labute approximate surface area is 163 Å². The highest BCUT2D eigenvalue weighted by molar-refractivity contribution is 6.25. The number of carbonyl (C=O) groups is 2. The van der Waals surface area contributed by atoms with Crippen LogP contribution in [0.15, 0.2) is 45.3 Å². The minimum absolute atomic E-state index is 0.231. The zero-order valence-corrected chi connectivity index (χ0v) is 15.7. The lowest BCUT2D eigenvalue weighted by molar-refractivity contribution is -0.126. The summed E-state index contributed by atoms with van der Waals surface area (Å²) in [6.07, 6.45) is 0. The average Bonchev–Trinajstić information content (AvgIpc) is 2.94. The summed E-state index contributed by atoms with van der Waals surface area (Å²) in [4.78, 5) is 52.5. The van der Waals surface area contributed by atoms with E-state index >= 15 is 0 Å². The lowest BCUT2D eigenvalue weighted by Crippen LogP contribution is -2.53. The minimum Gasteiger partial charge on any atom is -0.423 e. The molecule has 3 heterocycles. The number of rotatable bonds is 0. The van der Waals surface area contributed by atoms with Crippen LogP contribution in [-0.4, -0.2) is 20.9 Å². The summed E-state index contributed by atoms with van der Waals surface area (Å²) in [6.45, 7) is 1.20. The molecule has 2 aliphatic heterocycles. The highest BCUT2D eigenvalue weighted by atomic mass is 16.5. The van der Waals surface area contributed by atoms with Gasteiger partial charge < -0.3 is 10.5 Å². The molecule has 0 aliphatic carbocycles. The van der Waals surface area contributed by atoms with Crippen LogP contribution in [0.5, 0.6) is 5.88 Å². The van der Waals surface area contributed by atoms with Gasteiger partial charge in [-0.05, 0) is 6.07 Å². The number of aromatic nitrogens is 2.